The van der Waals surface area contributed by atoms with E-state index in [1.165, 1.54) is 36.0 Å². The quantitative estimate of drug-likeness (QED) is 0.837. The fourth-order valence-corrected chi connectivity index (χ4v) is 4.95. The molecule has 2 aromatic carbocycles. The normalized spacial score (nSPS) is 24.0. The Morgan fingerprint density at radius 3 is 2.56 bits per heavy atom. The lowest BCUT2D eigenvalue weighted by molar-refractivity contribution is 0.0328. The van der Waals surface area contributed by atoms with Crippen LogP contribution in [0.1, 0.15) is 42.9 Å². The third-order valence-electron chi connectivity index (χ3n) is 6.23. The minimum absolute atomic E-state index is 0.0919. The summed E-state index contributed by atoms with van der Waals surface area (Å²) in [6.45, 7) is 1.24. The Hall–Kier alpha value is -2.10. The van der Waals surface area contributed by atoms with Crippen LogP contribution < -0.4 is 4.74 Å². The van der Waals surface area contributed by atoms with Crippen LogP contribution in [0.4, 0.5) is 0 Å². The summed E-state index contributed by atoms with van der Waals surface area (Å²) in [6, 6.07) is 19.6. The molecule has 0 bridgehead atoms. The number of ether oxygens (including phenoxy) is 1. The van der Waals surface area contributed by atoms with E-state index in [9.17, 15) is 5.11 Å². The zero-order valence-corrected chi connectivity index (χ0v) is 16.1. The lowest BCUT2D eigenvalue weighted by atomic mass is 9.74. The maximum atomic E-state index is 10.2. The van der Waals surface area contributed by atoms with Crippen LogP contribution in [0.2, 0.25) is 0 Å². The summed E-state index contributed by atoms with van der Waals surface area (Å²) < 4.78 is 5.32. The molecule has 0 unspecified atom stereocenters. The van der Waals surface area contributed by atoms with Crippen LogP contribution in [-0.2, 0) is 0 Å². The molecular weight excluding hydrogens is 334 g/mol. The Balaban J connectivity index is 1.61. The first kappa shape index (κ1) is 18.3. The minimum Gasteiger partial charge on any atom is -0.497 e. The molecular formula is C24H29NO2. The van der Waals surface area contributed by atoms with Crippen LogP contribution in [0.25, 0.3) is 5.57 Å². The Labute approximate surface area is 162 Å². The largest absolute Gasteiger partial charge is 0.497 e. The molecule has 1 aliphatic carbocycles. The van der Waals surface area contributed by atoms with E-state index < -0.39 is 0 Å². The lowest BCUT2D eigenvalue weighted by Gasteiger charge is -2.47. The molecule has 3 atom stereocenters. The summed E-state index contributed by atoms with van der Waals surface area (Å²) in [5.74, 6) is 1.44. The van der Waals surface area contributed by atoms with Crippen LogP contribution in [0.5, 0.6) is 5.75 Å². The number of fused-ring (bicyclic) bond motifs is 1. The maximum Gasteiger partial charge on any atom is 0.118 e. The Morgan fingerprint density at radius 1 is 1.07 bits per heavy atom. The molecule has 0 saturated carbocycles. The third-order valence-corrected chi connectivity index (χ3v) is 6.23. The van der Waals surface area contributed by atoms with Gasteiger partial charge in [0.2, 0.25) is 0 Å². The SMILES string of the molecule is COc1ccc(C2=CCC[C@@H]3[C@H]2CCCN3[C@@H](CO)c2ccccc2)cc1. The highest BCUT2D eigenvalue weighted by atomic mass is 16.5. The van der Waals surface area contributed by atoms with Gasteiger partial charge in [-0.2, -0.15) is 0 Å². The molecule has 3 heteroatoms. The molecule has 2 aliphatic rings. The highest BCUT2D eigenvalue weighted by Gasteiger charge is 2.38. The fourth-order valence-electron chi connectivity index (χ4n) is 4.95. The molecule has 0 spiro atoms. The highest BCUT2D eigenvalue weighted by Crippen LogP contribution is 2.43. The number of hydrogen-bond donors (Lipinski definition) is 1. The molecule has 142 valence electrons. The van der Waals surface area contributed by atoms with Gasteiger partial charge in [-0.15, -0.1) is 0 Å². The van der Waals surface area contributed by atoms with Crippen LogP contribution in [0, 0.1) is 5.92 Å². The summed E-state index contributed by atoms with van der Waals surface area (Å²) in [7, 11) is 1.71. The Morgan fingerprint density at radius 2 is 1.85 bits per heavy atom. The number of nitrogens with zero attached hydrogens (tertiary/aromatic N) is 1. The Kier molecular flexibility index (Phi) is 5.61. The van der Waals surface area contributed by atoms with Crippen LogP contribution in [0.15, 0.2) is 60.7 Å². The van der Waals surface area contributed by atoms with Gasteiger partial charge in [0.25, 0.3) is 0 Å². The zero-order chi connectivity index (χ0) is 18.6. The van der Waals surface area contributed by atoms with Crippen LogP contribution >= 0.6 is 0 Å². The number of aliphatic hydroxyl groups excluding tert-OH is 1. The van der Waals surface area contributed by atoms with Crippen molar-refractivity contribution in [2.75, 3.05) is 20.3 Å². The van der Waals surface area contributed by atoms with Gasteiger partial charge < -0.3 is 9.84 Å². The molecule has 1 saturated heterocycles. The average molecular weight is 364 g/mol. The molecule has 27 heavy (non-hydrogen) atoms. The van der Waals surface area contributed by atoms with Gasteiger partial charge in [-0.1, -0.05) is 48.5 Å². The Bertz CT molecular complexity index is 769. The second-order valence-corrected chi connectivity index (χ2v) is 7.63. The van der Waals surface area contributed by atoms with E-state index in [0.29, 0.717) is 12.0 Å². The van der Waals surface area contributed by atoms with Crippen molar-refractivity contribution in [3.63, 3.8) is 0 Å². The van der Waals surface area contributed by atoms with Crippen molar-refractivity contribution in [2.24, 2.45) is 5.92 Å². The highest BCUT2D eigenvalue weighted by molar-refractivity contribution is 5.69. The van der Waals surface area contributed by atoms with Gasteiger partial charge in [0, 0.05) is 6.04 Å². The second kappa shape index (κ2) is 8.28. The van der Waals surface area contributed by atoms with E-state index in [0.717, 1.165) is 18.7 Å². The number of piperidine rings is 1. The number of hydrogen-bond acceptors (Lipinski definition) is 3. The molecule has 1 aliphatic heterocycles. The summed E-state index contributed by atoms with van der Waals surface area (Å²) in [5.41, 5.74) is 4.01. The van der Waals surface area contributed by atoms with E-state index in [1.54, 1.807) is 7.11 Å². The van der Waals surface area contributed by atoms with E-state index in [-0.39, 0.29) is 12.6 Å². The van der Waals surface area contributed by atoms with Crippen LogP contribution in [-0.4, -0.2) is 36.3 Å². The molecule has 3 nitrogen and oxygen atoms in total. The second-order valence-electron chi connectivity index (χ2n) is 7.63. The van der Waals surface area contributed by atoms with Gasteiger partial charge in [0.05, 0.1) is 19.8 Å². The van der Waals surface area contributed by atoms with Gasteiger partial charge in [0.1, 0.15) is 5.75 Å². The van der Waals surface area contributed by atoms with Crippen molar-refractivity contribution in [1.29, 1.82) is 0 Å². The first-order valence-corrected chi connectivity index (χ1v) is 10.1. The number of allylic oxidation sites excluding steroid dienone is 1. The first-order chi connectivity index (χ1) is 13.3. The lowest BCUT2D eigenvalue weighted by Crippen LogP contribution is -2.49. The van der Waals surface area contributed by atoms with Crippen molar-refractivity contribution >= 4 is 5.57 Å². The van der Waals surface area contributed by atoms with Crippen molar-refractivity contribution in [3.05, 3.63) is 71.8 Å². The molecule has 0 aromatic heterocycles. The molecule has 4 rings (SSSR count). The van der Waals surface area contributed by atoms with Gasteiger partial charge in [-0.3, -0.25) is 4.90 Å². The first-order valence-electron chi connectivity index (χ1n) is 10.1. The van der Waals surface area contributed by atoms with Crippen molar-refractivity contribution in [2.45, 2.75) is 37.8 Å². The molecule has 1 heterocycles. The zero-order valence-electron chi connectivity index (χ0n) is 16.1. The average Bonchev–Trinajstić information content (AvgIpc) is 2.75. The predicted molar refractivity (Wildman–Crippen MR) is 110 cm³/mol. The summed E-state index contributed by atoms with van der Waals surface area (Å²) in [5, 5.41) is 10.2. The van der Waals surface area contributed by atoms with E-state index >= 15 is 0 Å². The number of rotatable bonds is 5. The van der Waals surface area contributed by atoms with Crippen molar-refractivity contribution in [1.82, 2.24) is 4.90 Å². The number of aliphatic hydroxyl groups is 1. The molecule has 2 aromatic rings. The standard InChI is InChI=1S/C24H29NO2/c1-27-20-14-12-18(13-15-20)21-9-5-11-23-22(21)10-6-16-25(23)24(17-26)19-7-3-2-4-8-19/h2-4,7-9,12-15,22-24,26H,5-6,10-11,16-17H2,1H3/t22-,23+,24-/m0/s1. The minimum atomic E-state index is 0.0919. The van der Waals surface area contributed by atoms with Gasteiger partial charge in [-0.25, -0.2) is 0 Å². The van der Waals surface area contributed by atoms with E-state index in [1.807, 2.05) is 6.07 Å². The maximum absolute atomic E-state index is 10.2. The van der Waals surface area contributed by atoms with Gasteiger partial charge >= 0.3 is 0 Å². The van der Waals surface area contributed by atoms with Crippen LogP contribution in [0.3, 0.4) is 0 Å². The van der Waals surface area contributed by atoms with Crippen molar-refractivity contribution < 1.29 is 9.84 Å². The summed E-state index contributed by atoms with van der Waals surface area (Å²) >= 11 is 0. The van der Waals surface area contributed by atoms with Gasteiger partial charge in [-0.05, 0) is 67.0 Å². The van der Waals surface area contributed by atoms with E-state index in [2.05, 4.69) is 59.5 Å². The topological polar surface area (TPSA) is 32.7 Å². The number of likely N-dealkylation sites (tertiary alicyclic amines) is 1. The molecule has 1 fully saturated rings. The van der Waals surface area contributed by atoms with E-state index in [4.69, 9.17) is 4.74 Å². The summed E-state index contributed by atoms with van der Waals surface area (Å²) in [6.07, 6.45) is 7.12. The summed E-state index contributed by atoms with van der Waals surface area (Å²) in [4.78, 5) is 2.57. The monoisotopic (exact) mass is 363 g/mol. The number of methoxy groups -OCH3 is 1. The molecule has 0 amide bonds. The molecule has 1 N–H and O–H groups in total. The number of benzene rings is 2. The third kappa shape index (κ3) is 3.67. The van der Waals surface area contributed by atoms with Crippen molar-refractivity contribution in [3.8, 4) is 5.75 Å². The molecule has 0 radical (unpaired) electrons. The van der Waals surface area contributed by atoms with Gasteiger partial charge in [0.15, 0.2) is 0 Å². The smallest absolute Gasteiger partial charge is 0.118 e. The predicted octanol–water partition coefficient (Wildman–Crippen LogP) is 4.69. The fraction of sp³-hybridized carbons (Fsp3) is 0.417.